The Morgan fingerprint density at radius 3 is 2.50 bits per heavy atom. The van der Waals surface area contributed by atoms with Gasteiger partial charge in [-0.25, -0.2) is 0 Å². The summed E-state index contributed by atoms with van der Waals surface area (Å²) in [6.07, 6.45) is 8.39. The Bertz CT molecular complexity index is 470. The van der Waals surface area contributed by atoms with Crippen molar-refractivity contribution in [2.75, 3.05) is 0 Å². The number of carbonyl (C=O) groups is 1. The summed E-state index contributed by atoms with van der Waals surface area (Å²) in [5.74, 6) is -0.612. The van der Waals surface area contributed by atoms with Gasteiger partial charge in [0.15, 0.2) is 0 Å². The molecule has 0 aromatic heterocycles. The average molecular weight is 244 g/mol. The number of fused-ring (bicyclic) bond motifs is 1. The third-order valence-corrected chi connectivity index (χ3v) is 4.78. The van der Waals surface area contributed by atoms with Crippen LogP contribution in [-0.4, -0.2) is 11.1 Å². The molecule has 0 heterocycles. The first-order chi connectivity index (χ1) is 8.74. The molecule has 1 aromatic rings. The van der Waals surface area contributed by atoms with Crippen molar-refractivity contribution in [1.82, 2.24) is 0 Å². The van der Waals surface area contributed by atoms with Crippen molar-refractivity contribution in [2.45, 2.75) is 56.8 Å². The van der Waals surface area contributed by atoms with E-state index in [1.54, 1.807) is 0 Å². The summed E-state index contributed by atoms with van der Waals surface area (Å²) < 4.78 is 0. The van der Waals surface area contributed by atoms with Crippen LogP contribution in [0.1, 0.15) is 55.2 Å². The molecule has 0 radical (unpaired) electrons. The van der Waals surface area contributed by atoms with E-state index in [0.29, 0.717) is 0 Å². The van der Waals surface area contributed by atoms with E-state index in [9.17, 15) is 9.90 Å². The van der Waals surface area contributed by atoms with Crippen molar-refractivity contribution < 1.29 is 9.90 Å². The zero-order valence-corrected chi connectivity index (χ0v) is 10.7. The van der Waals surface area contributed by atoms with Gasteiger partial charge >= 0.3 is 5.97 Å². The highest BCUT2D eigenvalue weighted by Gasteiger charge is 2.44. The Hall–Kier alpha value is -1.31. The van der Waals surface area contributed by atoms with E-state index in [1.807, 2.05) is 0 Å². The zero-order chi connectivity index (χ0) is 12.6. The maximum atomic E-state index is 11.8. The Morgan fingerprint density at radius 1 is 1.06 bits per heavy atom. The summed E-state index contributed by atoms with van der Waals surface area (Å²) in [6.45, 7) is 0. The van der Waals surface area contributed by atoms with E-state index in [2.05, 4.69) is 18.2 Å². The van der Waals surface area contributed by atoms with E-state index in [1.165, 1.54) is 24.0 Å². The van der Waals surface area contributed by atoms with Crippen LogP contribution in [0.2, 0.25) is 0 Å². The molecule has 2 nitrogen and oxygen atoms in total. The molecule has 0 aliphatic heterocycles. The average Bonchev–Trinajstić information content (AvgIpc) is 2.88. The van der Waals surface area contributed by atoms with Gasteiger partial charge in [-0.1, -0.05) is 31.0 Å². The minimum atomic E-state index is -0.612. The number of aliphatic carboxylic acids is 1. The molecule has 0 unspecified atom stereocenters. The normalized spacial score (nSPS) is 21.6. The van der Waals surface area contributed by atoms with Crippen molar-refractivity contribution in [3.63, 3.8) is 0 Å². The van der Waals surface area contributed by atoms with Gasteiger partial charge in [-0.05, 0) is 55.2 Å². The quantitative estimate of drug-likeness (QED) is 0.865. The van der Waals surface area contributed by atoms with Crippen LogP contribution in [0.4, 0.5) is 0 Å². The second-order valence-corrected chi connectivity index (χ2v) is 5.74. The van der Waals surface area contributed by atoms with Crippen LogP contribution >= 0.6 is 0 Å². The van der Waals surface area contributed by atoms with Crippen LogP contribution in [0.25, 0.3) is 0 Å². The number of benzene rings is 1. The highest BCUT2D eigenvalue weighted by atomic mass is 16.4. The Labute approximate surface area is 108 Å². The second-order valence-electron chi connectivity index (χ2n) is 5.74. The molecule has 0 spiro atoms. The molecule has 0 saturated heterocycles. The minimum absolute atomic E-state index is 0.581. The number of carboxylic acid groups (broad SMARTS) is 1. The summed E-state index contributed by atoms with van der Waals surface area (Å²) in [6, 6.07) is 6.31. The highest BCUT2D eigenvalue weighted by Crippen LogP contribution is 2.44. The van der Waals surface area contributed by atoms with E-state index in [-0.39, 0.29) is 0 Å². The van der Waals surface area contributed by atoms with E-state index in [4.69, 9.17) is 0 Å². The summed E-state index contributed by atoms with van der Waals surface area (Å²) >= 11 is 0. The molecule has 3 rings (SSSR count). The van der Waals surface area contributed by atoms with Gasteiger partial charge in [0.1, 0.15) is 0 Å². The molecule has 0 bridgehead atoms. The fraction of sp³-hybridized carbons (Fsp3) is 0.562. The number of aryl methyl sites for hydroxylation is 1. The van der Waals surface area contributed by atoms with Gasteiger partial charge in [0.2, 0.25) is 0 Å². The van der Waals surface area contributed by atoms with Crippen LogP contribution in [0.15, 0.2) is 18.2 Å². The lowest BCUT2D eigenvalue weighted by Crippen LogP contribution is -2.34. The minimum Gasteiger partial charge on any atom is -0.481 e. The summed E-state index contributed by atoms with van der Waals surface area (Å²) in [4.78, 5) is 11.8. The lowest BCUT2D eigenvalue weighted by atomic mass is 9.73. The number of rotatable bonds is 2. The topological polar surface area (TPSA) is 37.3 Å². The Morgan fingerprint density at radius 2 is 1.78 bits per heavy atom. The van der Waals surface area contributed by atoms with Gasteiger partial charge < -0.3 is 5.11 Å². The van der Waals surface area contributed by atoms with Gasteiger partial charge in [-0.15, -0.1) is 0 Å². The van der Waals surface area contributed by atoms with Crippen LogP contribution in [0, 0.1) is 0 Å². The maximum Gasteiger partial charge on any atom is 0.314 e. The standard InChI is InChI=1S/C16H20O2/c17-15(18)16(10-3-4-11-16)14-9-5-7-12-6-1-2-8-13(12)14/h5,7,9H,1-4,6,8,10-11H2,(H,17,18). The molecule has 1 aromatic carbocycles. The molecule has 0 atom stereocenters. The maximum absolute atomic E-state index is 11.8. The van der Waals surface area contributed by atoms with E-state index >= 15 is 0 Å². The summed E-state index contributed by atoms with van der Waals surface area (Å²) in [5.41, 5.74) is 3.30. The van der Waals surface area contributed by atoms with Crippen molar-refractivity contribution >= 4 is 5.97 Å². The third kappa shape index (κ3) is 1.66. The van der Waals surface area contributed by atoms with Crippen molar-refractivity contribution in [3.05, 3.63) is 34.9 Å². The van der Waals surface area contributed by atoms with Crippen LogP contribution < -0.4 is 0 Å². The zero-order valence-electron chi connectivity index (χ0n) is 10.7. The van der Waals surface area contributed by atoms with Crippen molar-refractivity contribution in [2.24, 2.45) is 0 Å². The third-order valence-electron chi connectivity index (χ3n) is 4.78. The molecule has 2 heteroatoms. The first-order valence-corrected chi connectivity index (χ1v) is 7.09. The van der Waals surface area contributed by atoms with Crippen LogP contribution in [0.3, 0.4) is 0 Å². The molecular weight excluding hydrogens is 224 g/mol. The molecule has 1 fully saturated rings. The molecule has 2 aliphatic rings. The van der Waals surface area contributed by atoms with E-state index in [0.717, 1.165) is 44.1 Å². The molecule has 1 saturated carbocycles. The fourth-order valence-electron chi connectivity index (χ4n) is 3.81. The van der Waals surface area contributed by atoms with Gasteiger partial charge in [0.05, 0.1) is 5.41 Å². The first kappa shape index (κ1) is 11.8. The number of hydrogen-bond acceptors (Lipinski definition) is 1. The summed E-state index contributed by atoms with van der Waals surface area (Å²) in [5, 5.41) is 9.72. The van der Waals surface area contributed by atoms with E-state index < -0.39 is 11.4 Å². The monoisotopic (exact) mass is 244 g/mol. The lowest BCUT2D eigenvalue weighted by Gasteiger charge is -2.30. The van der Waals surface area contributed by atoms with Crippen molar-refractivity contribution in [3.8, 4) is 0 Å². The lowest BCUT2D eigenvalue weighted by molar-refractivity contribution is -0.143. The van der Waals surface area contributed by atoms with Gasteiger partial charge in [0, 0.05) is 0 Å². The van der Waals surface area contributed by atoms with Gasteiger partial charge in [0.25, 0.3) is 0 Å². The molecule has 1 N–H and O–H groups in total. The van der Waals surface area contributed by atoms with Gasteiger partial charge in [-0.3, -0.25) is 4.79 Å². The summed E-state index contributed by atoms with van der Waals surface area (Å²) in [7, 11) is 0. The Kier molecular flexibility index (Phi) is 2.89. The fourth-order valence-corrected chi connectivity index (χ4v) is 3.81. The predicted octanol–water partition coefficient (Wildman–Crippen LogP) is 3.46. The predicted molar refractivity (Wildman–Crippen MR) is 70.9 cm³/mol. The van der Waals surface area contributed by atoms with Crippen LogP contribution in [-0.2, 0) is 23.1 Å². The number of hydrogen-bond donors (Lipinski definition) is 1. The molecule has 0 amide bonds. The first-order valence-electron chi connectivity index (χ1n) is 7.09. The molecular formula is C16H20O2. The molecule has 18 heavy (non-hydrogen) atoms. The van der Waals surface area contributed by atoms with Gasteiger partial charge in [-0.2, -0.15) is 0 Å². The molecule has 2 aliphatic carbocycles. The molecule has 96 valence electrons. The largest absolute Gasteiger partial charge is 0.481 e. The van der Waals surface area contributed by atoms with Crippen LogP contribution in [0.5, 0.6) is 0 Å². The SMILES string of the molecule is O=C(O)C1(c2cccc3c2CCCC3)CCCC1. The smallest absolute Gasteiger partial charge is 0.314 e. The Balaban J connectivity index is 2.13. The van der Waals surface area contributed by atoms with Crippen molar-refractivity contribution in [1.29, 1.82) is 0 Å². The number of carboxylic acids is 1. The second kappa shape index (κ2) is 4.42. The highest BCUT2D eigenvalue weighted by molar-refractivity contribution is 5.82.